The second-order valence-corrected chi connectivity index (χ2v) is 8.75. The molecule has 1 aromatic heterocycles. The number of carbonyl (C=O) groups excluding carboxylic acids is 1. The van der Waals surface area contributed by atoms with Gasteiger partial charge in [0.15, 0.2) is 0 Å². The highest BCUT2D eigenvalue weighted by Crippen LogP contribution is 2.32. The fourth-order valence-electron chi connectivity index (χ4n) is 4.85. The Morgan fingerprint density at radius 1 is 1.09 bits per heavy atom. The van der Waals surface area contributed by atoms with Crippen molar-refractivity contribution in [3.05, 3.63) is 60.0 Å². The molecule has 2 aromatic rings. The van der Waals surface area contributed by atoms with Gasteiger partial charge in [-0.2, -0.15) is 0 Å². The smallest absolute Gasteiger partial charge is 0.227 e. The van der Waals surface area contributed by atoms with Gasteiger partial charge in [-0.25, -0.2) is 9.37 Å². The fraction of sp³-hybridized carbons (Fsp3) is 0.520. The van der Waals surface area contributed by atoms with Gasteiger partial charge in [0.25, 0.3) is 0 Å². The maximum Gasteiger partial charge on any atom is 0.227 e. The van der Waals surface area contributed by atoms with Crippen LogP contribution in [0.5, 0.6) is 0 Å². The molecule has 1 amide bonds. The molecule has 2 saturated heterocycles. The average Bonchev–Trinajstić information content (AvgIpc) is 2.85. The van der Waals surface area contributed by atoms with Gasteiger partial charge in [-0.15, -0.1) is 0 Å². The molecule has 0 unspecified atom stereocenters. The van der Waals surface area contributed by atoms with E-state index in [0.717, 1.165) is 56.9 Å². The van der Waals surface area contributed by atoms with E-state index in [9.17, 15) is 9.18 Å². The molecule has 172 valence electrons. The largest absolute Gasteiger partial charge is 0.381 e. The predicted octanol–water partition coefficient (Wildman–Crippen LogP) is 3.33. The van der Waals surface area contributed by atoms with E-state index in [-0.39, 0.29) is 17.3 Å². The van der Waals surface area contributed by atoms with Crippen LogP contribution in [0.25, 0.3) is 0 Å². The topological polar surface area (TPSA) is 48.9 Å². The highest BCUT2D eigenvalue weighted by molar-refractivity contribution is 5.92. The SMILES string of the molecule is CCC(=O)N(CC1(N2CCN(Cc3ccc(F)cc3)CC2)CCOCC1)c1ccccn1. The molecule has 0 saturated carbocycles. The van der Waals surface area contributed by atoms with Gasteiger partial charge >= 0.3 is 0 Å². The minimum atomic E-state index is -0.195. The van der Waals surface area contributed by atoms with E-state index in [0.29, 0.717) is 26.2 Å². The number of amides is 1. The Bertz CT molecular complexity index is 863. The second kappa shape index (κ2) is 10.5. The van der Waals surface area contributed by atoms with Crippen molar-refractivity contribution in [2.24, 2.45) is 0 Å². The molecule has 2 fully saturated rings. The number of nitrogens with zero attached hydrogens (tertiary/aromatic N) is 4. The van der Waals surface area contributed by atoms with Crippen LogP contribution in [0.4, 0.5) is 10.2 Å². The van der Waals surface area contributed by atoms with Crippen LogP contribution in [0.1, 0.15) is 31.7 Å². The van der Waals surface area contributed by atoms with Crippen LogP contribution >= 0.6 is 0 Å². The molecular formula is C25H33FN4O2. The molecule has 32 heavy (non-hydrogen) atoms. The normalized spacial score (nSPS) is 19.6. The molecule has 2 aliphatic rings. The maximum atomic E-state index is 13.2. The first-order valence-corrected chi connectivity index (χ1v) is 11.6. The summed E-state index contributed by atoms with van der Waals surface area (Å²) in [7, 11) is 0. The van der Waals surface area contributed by atoms with Crippen molar-refractivity contribution in [2.45, 2.75) is 38.3 Å². The van der Waals surface area contributed by atoms with Crippen molar-refractivity contribution in [3.8, 4) is 0 Å². The van der Waals surface area contributed by atoms with Gasteiger partial charge in [0.05, 0.1) is 0 Å². The van der Waals surface area contributed by atoms with Crippen molar-refractivity contribution in [2.75, 3.05) is 50.8 Å². The third kappa shape index (κ3) is 5.34. The number of pyridine rings is 1. The molecule has 0 atom stereocenters. The Morgan fingerprint density at radius 2 is 1.81 bits per heavy atom. The van der Waals surface area contributed by atoms with Crippen molar-refractivity contribution < 1.29 is 13.9 Å². The molecule has 0 spiro atoms. The van der Waals surface area contributed by atoms with Gasteiger partial charge in [0, 0.05) is 70.6 Å². The zero-order chi connectivity index (χ0) is 22.4. The standard InChI is InChI=1S/C25H33FN4O2/c1-2-24(31)30(23-5-3-4-12-27-23)20-25(10-17-32-18-11-25)29-15-13-28(14-16-29)19-21-6-8-22(26)9-7-21/h3-9,12H,2,10-11,13-20H2,1H3. The summed E-state index contributed by atoms with van der Waals surface area (Å²) in [6, 6.07) is 12.5. The summed E-state index contributed by atoms with van der Waals surface area (Å²) >= 11 is 0. The van der Waals surface area contributed by atoms with E-state index >= 15 is 0 Å². The number of hydrogen-bond acceptors (Lipinski definition) is 5. The van der Waals surface area contributed by atoms with E-state index in [2.05, 4.69) is 14.8 Å². The highest BCUT2D eigenvalue weighted by Gasteiger charge is 2.42. The molecule has 0 bridgehead atoms. The van der Waals surface area contributed by atoms with Crippen LogP contribution in [0.2, 0.25) is 0 Å². The first-order chi connectivity index (χ1) is 15.6. The van der Waals surface area contributed by atoms with E-state index in [1.165, 1.54) is 12.1 Å². The number of anilines is 1. The summed E-state index contributed by atoms with van der Waals surface area (Å²) in [5.74, 6) is 0.629. The molecule has 0 N–H and O–H groups in total. The number of piperazine rings is 1. The molecule has 7 heteroatoms. The fourth-order valence-corrected chi connectivity index (χ4v) is 4.85. The van der Waals surface area contributed by atoms with Crippen LogP contribution in [0.15, 0.2) is 48.7 Å². The zero-order valence-corrected chi connectivity index (χ0v) is 18.9. The first kappa shape index (κ1) is 22.8. The summed E-state index contributed by atoms with van der Waals surface area (Å²) in [5, 5.41) is 0. The lowest BCUT2D eigenvalue weighted by Gasteiger charge is -2.51. The summed E-state index contributed by atoms with van der Waals surface area (Å²) < 4.78 is 18.9. The maximum absolute atomic E-state index is 13.2. The average molecular weight is 441 g/mol. The lowest BCUT2D eigenvalue weighted by molar-refractivity contribution is -0.119. The summed E-state index contributed by atoms with van der Waals surface area (Å²) in [6.45, 7) is 8.59. The van der Waals surface area contributed by atoms with Gasteiger partial charge < -0.3 is 4.74 Å². The van der Waals surface area contributed by atoms with Crippen molar-refractivity contribution in [1.29, 1.82) is 0 Å². The Labute approximate surface area is 190 Å². The van der Waals surface area contributed by atoms with E-state index in [1.54, 1.807) is 6.20 Å². The Kier molecular flexibility index (Phi) is 7.50. The van der Waals surface area contributed by atoms with Gasteiger partial charge in [-0.05, 0) is 42.7 Å². The highest BCUT2D eigenvalue weighted by atomic mass is 19.1. The second-order valence-electron chi connectivity index (χ2n) is 8.75. The molecule has 2 aliphatic heterocycles. The van der Waals surface area contributed by atoms with E-state index < -0.39 is 0 Å². The predicted molar refractivity (Wildman–Crippen MR) is 123 cm³/mol. The number of hydrogen-bond donors (Lipinski definition) is 0. The van der Waals surface area contributed by atoms with Crippen LogP contribution in [-0.4, -0.2) is 72.2 Å². The van der Waals surface area contributed by atoms with E-state index in [4.69, 9.17) is 4.74 Å². The number of benzene rings is 1. The van der Waals surface area contributed by atoms with Crippen molar-refractivity contribution >= 4 is 11.7 Å². The minimum Gasteiger partial charge on any atom is -0.381 e. The molecule has 4 rings (SSSR count). The Hall–Kier alpha value is -2.35. The van der Waals surface area contributed by atoms with Crippen LogP contribution < -0.4 is 4.90 Å². The molecular weight excluding hydrogens is 407 g/mol. The molecule has 6 nitrogen and oxygen atoms in total. The molecule has 0 aliphatic carbocycles. The summed E-state index contributed by atoms with van der Waals surface area (Å²) in [6.07, 6.45) is 4.02. The monoisotopic (exact) mass is 440 g/mol. The van der Waals surface area contributed by atoms with Crippen LogP contribution in [0.3, 0.4) is 0 Å². The number of ether oxygens (including phenoxy) is 1. The quantitative estimate of drug-likeness (QED) is 0.661. The van der Waals surface area contributed by atoms with Gasteiger partial charge in [-0.1, -0.05) is 25.1 Å². The third-order valence-electron chi connectivity index (χ3n) is 6.77. The number of aromatic nitrogens is 1. The first-order valence-electron chi connectivity index (χ1n) is 11.6. The number of rotatable bonds is 7. The third-order valence-corrected chi connectivity index (χ3v) is 6.77. The Morgan fingerprint density at radius 3 is 2.44 bits per heavy atom. The molecule has 0 radical (unpaired) electrons. The van der Waals surface area contributed by atoms with Gasteiger partial charge in [-0.3, -0.25) is 19.5 Å². The van der Waals surface area contributed by atoms with Gasteiger partial charge in [0.2, 0.25) is 5.91 Å². The van der Waals surface area contributed by atoms with Crippen molar-refractivity contribution in [1.82, 2.24) is 14.8 Å². The lowest BCUT2D eigenvalue weighted by atomic mass is 9.86. The molecule has 1 aromatic carbocycles. The van der Waals surface area contributed by atoms with Crippen LogP contribution in [-0.2, 0) is 16.1 Å². The summed E-state index contributed by atoms with van der Waals surface area (Å²) in [4.78, 5) is 24.2. The molecule has 3 heterocycles. The van der Waals surface area contributed by atoms with E-state index in [1.807, 2.05) is 42.2 Å². The Balaban J connectivity index is 1.47. The number of halogens is 1. The number of carbonyl (C=O) groups is 1. The van der Waals surface area contributed by atoms with Gasteiger partial charge in [0.1, 0.15) is 11.6 Å². The zero-order valence-electron chi connectivity index (χ0n) is 18.9. The lowest BCUT2D eigenvalue weighted by Crippen LogP contribution is -2.63. The summed E-state index contributed by atoms with van der Waals surface area (Å²) in [5.41, 5.74) is 1.03. The minimum absolute atomic E-state index is 0.101. The van der Waals surface area contributed by atoms with Crippen molar-refractivity contribution in [3.63, 3.8) is 0 Å². The van der Waals surface area contributed by atoms with Crippen LogP contribution in [0, 0.1) is 5.82 Å².